The van der Waals surface area contributed by atoms with Crippen LogP contribution in [0.25, 0.3) is 0 Å². The van der Waals surface area contributed by atoms with Crippen molar-refractivity contribution in [2.45, 2.75) is 38.3 Å². The van der Waals surface area contributed by atoms with Crippen molar-refractivity contribution in [1.29, 1.82) is 0 Å². The highest BCUT2D eigenvalue weighted by Gasteiger charge is 2.33. The molecule has 0 spiro atoms. The first-order chi connectivity index (χ1) is 17.1. The number of anilines is 1. The van der Waals surface area contributed by atoms with Crippen LogP contribution in [0.15, 0.2) is 83.8 Å². The van der Waals surface area contributed by atoms with Crippen LogP contribution in [-0.4, -0.2) is 44.3 Å². The van der Waals surface area contributed by atoms with E-state index in [9.17, 15) is 22.4 Å². The molecule has 1 atom stereocenters. The lowest BCUT2D eigenvalue weighted by molar-refractivity contribution is -0.139. The highest BCUT2D eigenvalue weighted by atomic mass is 32.2. The number of amides is 2. The number of sulfonamides is 1. The number of halogens is 1. The molecule has 3 aromatic rings. The zero-order chi connectivity index (χ0) is 26.3. The van der Waals surface area contributed by atoms with E-state index in [1.54, 1.807) is 32.0 Å². The van der Waals surface area contributed by atoms with Crippen LogP contribution in [0, 0.1) is 12.7 Å². The summed E-state index contributed by atoms with van der Waals surface area (Å²) in [5, 5.41) is 2.70. The maximum Gasteiger partial charge on any atom is 0.264 e. The zero-order valence-corrected chi connectivity index (χ0v) is 21.3. The Bertz CT molecular complexity index is 1300. The van der Waals surface area contributed by atoms with Gasteiger partial charge in [-0.15, -0.1) is 0 Å². The number of likely N-dealkylation sites (N-methyl/N-ethyl adjacent to an activating group) is 1. The molecule has 0 aliphatic carbocycles. The van der Waals surface area contributed by atoms with Gasteiger partial charge in [-0.3, -0.25) is 13.9 Å². The van der Waals surface area contributed by atoms with Gasteiger partial charge in [0.25, 0.3) is 10.0 Å². The zero-order valence-electron chi connectivity index (χ0n) is 20.5. The molecule has 36 heavy (non-hydrogen) atoms. The SMILES string of the molecule is CCNC(=O)[C@H](C)N(Cc1ccc(C)cc1)C(=O)CN(c1ccccc1F)S(=O)(=O)c1ccccc1. The third-order valence-electron chi connectivity index (χ3n) is 5.72. The quantitative estimate of drug-likeness (QED) is 0.448. The van der Waals surface area contributed by atoms with E-state index in [0.717, 1.165) is 21.5 Å². The highest BCUT2D eigenvalue weighted by molar-refractivity contribution is 7.92. The third-order valence-corrected chi connectivity index (χ3v) is 7.50. The van der Waals surface area contributed by atoms with E-state index in [1.807, 2.05) is 31.2 Å². The number of nitrogens with zero attached hydrogens (tertiary/aromatic N) is 2. The van der Waals surface area contributed by atoms with E-state index in [1.165, 1.54) is 35.2 Å². The number of rotatable bonds is 10. The summed E-state index contributed by atoms with van der Waals surface area (Å²) in [4.78, 5) is 27.5. The second kappa shape index (κ2) is 11.8. The van der Waals surface area contributed by atoms with Gasteiger partial charge in [-0.2, -0.15) is 0 Å². The van der Waals surface area contributed by atoms with E-state index >= 15 is 0 Å². The smallest absolute Gasteiger partial charge is 0.264 e. The van der Waals surface area contributed by atoms with Gasteiger partial charge in [0.05, 0.1) is 10.6 Å². The minimum atomic E-state index is -4.29. The fourth-order valence-corrected chi connectivity index (χ4v) is 5.12. The summed E-state index contributed by atoms with van der Waals surface area (Å²) >= 11 is 0. The first-order valence-electron chi connectivity index (χ1n) is 11.6. The average molecular weight is 512 g/mol. The molecule has 0 heterocycles. The van der Waals surface area contributed by atoms with Gasteiger partial charge in [0, 0.05) is 13.1 Å². The molecule has 0 fully saturated rings. The van der Waals surface area contributed by atoms with Gasteiger partial charge in [0.15, 0.2) is 0 Å². The number of carbonyl (C=O) groups is 2. The van der Waals surface area contributed by atoms with Gasteiger partial charge < -0.3 is 10.2 Å². The maximum atomic E-state index is 14.8. The molecule has 0 aromatic heterocycles. The molecule has 0 aliphatic rings. The van der Waals surface area contributed by atoms with Crippen molar-refractivity contribution in [3.8, 4) is 0 Å². The van der Waals surface area contributed by atoms with E-state index in [2.05, 4.69) is 5.32 Å². The number of para-hydroxylation sites is 1. The van der Waals surface area contributed by atoms with Crippen molar-refractivity contribution in [3.05, 3.63) is 95.8 Å². The average Bonchev–Trinajstić information content (AvgIpc) is 2.87. The van der Waals surface area contributed by atoms with Crippen LogP contribution in [-0.2, 0) is 26.2 Å². The first kappa shape index (κ1) is 26.9. The first-order valence-corrected chi connectivity index (χ1v) is 13.0. The Hall–Kier alpha value is -3.72. The summed E-state index contributed by atoms with van der Waals surface area (Å²) in [5.41, 5.74) is 1.55. The van der Waals surface area contributed by atoms with Crippen molar-refractivity contribution in [1.82, 2.24) is 10.2 Å². The monoisotopic (exact) mass is 511 g/mol. The molecule has 3 rings (SSSR count). The minimum Gasteiger partial charge on any atom is -0.355 e. The maximum absolute atomic E-state index is 14.8. The molecular formula is C27H30FN3O4S. The van der Waals surface area contributed by atoms with Crippen LogP contribution >= 0.6 is 0 Å². The number of hydrogen-bond acceptors (Lipinski definition) is 4. The number of carbonyl (C=O) groups excluding carboxylic acids is 2. The highest BCUT2D eigenvalue weighted by Crippen LogP contribution is 2.26. The predicted octanol–water partition coefficient (Wildman–Crippen LogP) is 3.88. The number of aryl methyl sites for hydroxylation is 1. The summed E-state index contributed by atoms with van der Waals surface area (Å²) in [7, 11) is -4.29. The summed E-state index contributed by atoms with van der Waals surface area (Å²) in [6.45, 7) is 5.05. The summed E-state index contributed by atoms with van der Waals surface area (Å²) < 4.78 is 42.7. The molecular weight excluding hydrogens is 481 g/mol. The van der Waals surface area contributed by atoms with Crippen LogP contribution < -0.4 is 9.62 Å². The van der Waals surface area contributed by atoms with Crippen molar-refractivity contribution >= 4 is 27.5 Å². The summed E-state index contributed by atoms with van der Waals surface area (Å²) in [6, 6.07) is 19.5. The Morgan fingerprint density at radius 1 is 0.944 bits per heavy atom. The normalized spacial score (nSPS) is 12.0. The van der Waals surface area contributed by atoms with Crippen molar-refractivity contribution < 1.29 is 22.4 Å². The van der Waals surface area contributed by atoms with Crippen LogP contribution in [0.2, 0.25) is 0 Å². The van der Waals surface area contributed by atoms with Gasteiger partial charge >= 0.3 is 0 Å². The van der Waals surface area contributed by atoms with Crippen LogP contribution in [0.3, 0.4) is 0 Å². The number of benzene rings is 3. The molecule has 0 bridgehead atoms. The number of nitrogens with one attached hydrogen (secondary N) is 1. The predicted molar refractivity (Wildman–Crippen MR) is 137 cm³/mol. The Labute approximate surface area is 211 Å². The Morgan fingerprint density at radius 2 is 1.56 bits per heavy atom. The third kappa shape index (κ3) is 6.28. The van der Waals surface area contributed by atoms with Crippen molar-refractivity contribution in [3.63, 3.8) is 0 Å². The Kier molecular flexibility index (Phi) is 8.82. The minimum absolute atomic E-state index is 0.0773. The fourth-order valence-electron chi connectivity index (χ4n) is 3.68. The summed E-state index contributed by atoms with van der Waals surface area (Å²) in [6.07, 6.45) is 0. The van der Waals surface area contributed by atoms with E-state index in [4.69, 9.17) is 0 Å². The molecule has 0 saturated heterocycles. The van der Waals surface area contributed by atoms with Crippen molar-refractivity contribution in [2.75, 3.05) is 17.4 Å². The van der Waals surface area contributed by atoms with Gasteiger partial charge in [0.1, 0.15) is 18.4 Å². The largest absolute Gasteiger partial charge is 0.355 e. The molecule has 0 aliphatic heterocycles. The molecule has 0 saturated carbocycles. The molecule has 0 unspecified atom stereocenters. The summed E-state index contributed by atoms with van der Waals surface area (Å²) in [5.74, 6) is -1.80. The van der Waals surface area contributed by atoms with Gasteiger partial charge in [-0.05, 0) is 50.6 Å². The van der Waals surface area contributed by atoms with Crippen molar-refractivity contribution in [2.24, 2.45) is 0 Å². The van der Waals surface area contributed by atoms with Gasteiger partial charge in [0.2, 0.25) is 11.8 Å². The Balaban J connectivity index is 2.02. The standard InChI is InChI=1S/C27H30FN3O4S/c1-4-29-27(33)21(3)30(18-22-16-14-20(2)15-17-22)26(32)19-31(25-13-9-8-12-24(25)28)36(34,35)23-10-6-5-7-11-23/h5-17,21H,4,18-19H2,1-3H3,(H,29,33)/t21-/m0/s1. The lowest BCUT2D eigenvalue weighted by Gasteiger charge is -2.32. The van der Waals surface area contributed by atoms with E-state index in [-0.39, 0.29) is 23.0 Å². The molecule has 2 amide bonds. The fraction of sp³-hybridized carbons (Fsp3) is 0.259. The lowest BCUT2D eigenvalue weighted by atomic mass is 10.1. The topological polar surface area (TPSA) is 86.8 Å². The van der Waals surface area contributed by atoms with Crippen LogP contribution in [0.5, 0.6) is 0 Å². The number of hydrogen-bond donors (Lipinski definition) is 1. The molecule has 3 aromatic carbocycles. The van der Waals surface area contributed by atoms with Crippen LogP contribution in [0.4, 0.5) is 10.1 Å². The van der Waals surface area contributed by atoms with Crippen LogP contribution in [0.1, 0.15) is 25.0 Å². The second-order valence-corrected chi connectivity index (χ2v) is 10.2. The molecule has 1 N–H and O–H groups in total. The molecule has 9 heteroatoms. The second-order valence-electron chi connectivity index (χ2n) is 8.35. The molecule has 7 nitrogen and oxygen atoms in total. The lowest BCUT2D eigenvalue weighted by Crippen LogP contribution is -2.51. The van der Waals surface area contributed by atoms with Gasteiger partial charge in [-0.1, -0.05) is 60.2 Å². The Morgan fingerprint density at radius 3 is 2.17 bits per heavy atom. The van der Waals surface area contributed by atoms with E-state index < -0.39 is 34.3 Å². The molecule has 0 radical (unpaired) electrons. The molecule has 190 valence electrons. The van der Waals surface area contributed by atoms with Gasteiger partial charge in [-0.25, -0.2) is 12.8 Å². The van der Waals surface area contributed by atoms with E-state index in [0.29, 0.717) is 6.54 Å².